The molecule has 0 aliphatic carbocycles. The third kappa shape index (κ3) is 4.77. The summed E-state index contributed by atoms with van der Waals surface area (Å²) in [6.07, 6.45) is 3.69. The summed E-state index contributed by atoms with van der Waals surface area (Å²) in [7, 11) is 0. The fourth-order valence-corrected chi connectivity index (χ4v) is 3.89. The van der Waals surface area contributed by atoms with E-state index in [2.05, 4.69) is 6.92 Å². The minimum atomic E-state index is -0.955. The van der Waals surface area contributed by atoms with E-state index in [1.165, 1.54) is 12.8 Å². The maximum absolute atomic E-state index is 12.5. The Morgan fingerprint density at radius 2 is 2.18 bits per heavy atom. The number of carbonyl (C=O) groups is 2. The number of carbonyl (C=O) groups excluding carboxylic acids is 1. The Morgan fingerprint density at radius 3 is 2.91 bits per heavy atom. The molecule has 1 aliphatic rings. The second-order valence-electron chi connectivity index (χ2n) is 5.60. The van der Waals surface area contributed by atoms with Gasteiger partial charge < -0.3 is 10.0 Å². The van der Waals surface area contributed by atoms with Crippen LogP contribution in [-0.2, 0) is 11.2 Å². The highest BCUT2D eigenvalue weighted by Gasteiger charge is 2.22. The van der Waals surface area contributed by atoms with Crippen molar-refractivity contribution in [1.29, 1.82) is 0 Å². The van der Waals surface area contributed by atoms with E-state index in [1.54, 1.807) is 18.2 Å². The average molecular weight is 321 g/mol. The molecule has 22 heavy (non-hydrogen) atoms. The molecular weight excluding hydrogens is 298 g/mol. The lowest BCUT2D eigenvalue weighted by atomic mass is 10.1. The molecule has 0 spiro atoms. The zero-order valence-corrected chi connectivity index (χ0v) is 13.8. The van der Waals surface area contributed by atoms with Crippen molar-refractivity contribution in [3.63, 3.8) is 0 Å². The number of hydrogen-bond acceptors (Lipinski definition) is 3. The van der Waals surface area contributed by atoms with Crippen LogP contribution in [0.25, 0.3) is 0 Å². The summed E-state index contributed by atoms with van der Waals surface area (Å²) in [5, 5.41) is 9.55. The SMILES string of the molecule is CCSC1CCCCN(C(=O)Cc2cccc(C(=O)O)c2)C1. The zero-order chi connectivity index (χ0) is 15.9. The third-order valence-corrected chi connectivity index (χ3v) is 5.10. The van der Waals surface area contributed by atoms with Crippen molar-refractivity contribution in [2.24, 2.45) is 0 Å². The van der Waals surface area contributed by atoms with Crippen LogP contribution in [0.4, 0.5) is 0 Å². The first-order chi connectivity index (χ1) is 10.6. The van der Waals surface area contributed by atoms with Gasteiger partial charge in [0.15, 0.2) is 0 Å². The minimum Gasteiger partial charge on any atom is -0.478 e. The molecule has 1 aromatic carbocycles. The summed E-state index contributed by atoms with van der Waals surface area (Å²) < 4.78 is 0. The highest BCUT2D eigenvalue weighted by Crippen LogP contribution is 2.22. The van der Waals surface area contributed by atoms with Crippen LogP contribution in [0.15, 0.2) is 24.3 Å². The molecule has 0 radical (unpaired) electrons. The number of likely N-dealkylation sites (tertiary alicyclic amines) is 1. The first-order valence-electron chi connectivity index (χ1n) is 7.81. The van der Waals surface area contributed by atoms with Gasteiger partial charge in [0.2, 0.25) is 5.91 Å². The number of thioether (sulfide) groups is 1. The van der Waals surface area contributed by atoms with Crippen molar-refractivity contribution in [3.05, 3.63) is 35.4 Å². The number of carboxylic acid groups (broad SMARTS) is 1. The molecule has 4 nitrogen and oxygen atoms in total. The van der Waals surface area contributed by atoms with Crippen molar-refractivity contribution in [3.8, 4) is 0 Å². The second-order valence-corrected chi connectivity index (χ2v) is 7.17. The molecule has 2 rings (SSSR count). The molecule has 1 amide bonds. The lowest BCUT2D eigenvalue weighted by Crippen LogP contribution is -2.36. The van der Waals surface area contributed by atoms with E-state index in [9.17, 15) is 9.59 Å². The van der Waals surface area contributed by atoms with E-state index in [0.717, 1.165) is 30.8 Å². The van der Waals surface area contributed by atoms with Crippen LogP contribution in [0.3, 0.4) is 0 Å². The van der Waals surface area contributed by atoms with Crippen LogP contribution in [-0.4, -0.2) is 46.0 Å². The van der Waals surface area contributed by atoms with E-state index in [1.807, 2.05) is 22.7 Å². The Hall–Kier alpha value is -1.49. The number of amides is 1. The largest absolute Gasteiger partial charge is 0.478 e. The number of carboxylic acids is 1. The Kier molecular flexibility index (Phi) is 6.31. The van der Waals surface area contributed by atoms with E-state index < -0.39 is 5.97 Å². The van der Waals surface area contributed by atoms with Crippen molar-refractivity contribution in [2.45, 2.75) is 37.9 Å². The van der Waals surface area contributed by atoms with Crippen molar-refractivity contribution >= 4 is 23.6 Å². The summed E-state index contributed by atoms with van der Waals surface area (Å²) in [4.78, 5) is 25.5. The summed E-state index contributed by atoms with van der Waals surface area (Å²) in [6, 6.07) is 6.66. The number of aromatic carboxylic acids is 1. The Morgan fingerprint density at radius 1 is 1.36 bits per heavy atom. The molecule has 1 heterocycles. The fraction of sp³-hybridized carbons (Fsp3) is 0.529. The summed E-state index contributed by atoms with van der Waals surface area (Å²) in [6.45, 7) is 3.79. The average Bonchev–Trinajstić information content (AvgIpc) is 2.73. The van der Waals surface area contributed by atoms with Gasteiger partial charge in [0.25, 0.3) is 0 Å². The van der Waals surface area contributed by atoms with Crippen LogP contribution >= 0.6 is 11.8 Å². The van der Waals surface area contributed by atoms with E-state index >= 15 is 0 Å². The molecule has 0 saturated carbocycles. The lowest BCUT2D eigenvalue weighted by molar-refractivity contribution is -0.130. The topological polar surface area (TPSA) is 57.6 Å². The second kappa shape index (κ2) is 8.22. The summed E-state index contributed by atoms with van der Waals surface area (Å²) >= 11 is 1.93. The quantitative estimate of drug-likeness (QED) is 0.905. The van der Waals surface area contributed by atoms with Gasteiger partial charge in [-0.05, 0) is 36.3 Å². The monoisotopic (exact) mass is 321 g/mol. The molecule has 1 aliphatic heterocycles. The number of hydrogen-bond donors (Lipinski definition) is 1. The van der Waals surface area contributed by atoms with Gasteiger partial charge in [-0.2, -0.15) is 11.8 Å². The van der Waals surface area contributed by atoms with Crippen LogP contribution in [0.2, 0.25) is 0 Å². The van der Waals surface area contributed by atoms with Gasteiger partial charge in [0, 0.05) is 18.3 Å². The molecule has 120 valence electrons. The van der Waals surface area contributed by atoms with Crippen LogP contribution < -0.4 is 0 Å². The standard InChI is InChI=1S/C17H23NO3S/c1-2-22-15-8-3-4-9-18(12-15)16(19)11-13-6-5-7-14(10-13)17(20)21/h5-7,10,15H,2-4,8-9,11-12H2,1H3,(H,20,21). The van der Waals surface area contributed by atoms with Gasteiger partial charge in [0.05, 0.1) is 12.0 Å². The fourth-order valence-electron chi connectivity index (χ4n) is 2.80. The first kappa shape index (κ1) is 16.9. The van der Waals surface area contributed by atoms with Gasteiger partial charge in [-0.3, -0.25) is 4.79 Å². The normalized spacial score (nSPS) is 18.8. The van der Waals surface area contributed by atoms with Crippen molar-refractivity contribution in [1.82, 2.24) is 4.90 Å². The molecule has 5 heteroatoms. The summed E-state index contributed by atoms with van der Waals surface area (Å²) in [5.74, 6) is 0.225. The third-order valence-electron chi connectivity index (χ3n) is 3.91. The molecule has 1 aromatic rings. The van der Waals surface area contributed by atoms with E-state index in [0.29, 0.717) is 5.25 Å². The highest BCUT2D eigenvalue weighted by molar-refractivity contribution is 7.99. The molecule has 1 N–H and O–H groups in total. The van der Waals surface area contributed by atoms with Gasteiger partial charge in [-0.25, -0.2) is 4.79 Å². The number of rotatable bonds is 5. The minimum absolute atomic E-state index is 0.103. The molecule has 1 fully saturated rings. The van der Waals surface area contributed by atoms with Gasteiger partial charge in [-0.15, -0.1) is 0 Å². The number of benzene rings is 1. The Bertz CT molecular complexity index is 532. The Balaban J connectivity index is 2.01. The van der Waals surface area contributed by atoms with Gasteiger partial charge in [0.1, 0.15) is 0 Å². The van der Waals surface area contributed by atoms with Crippen LogP contribution in [0.5, 0.6) is 0 Å². The Labute approximate surface area is 135 Å². The lowest BCUT2D eigenvalue weighted by Gasteiger charge is -2.24. The van der Waals surface area contributed by atoms with Gasteiger partial charge in [-0.1, -0.05) is 25.5 Å². The van der Waals surface area contributed by atoms with Crippen molar-refractivity contribution in [2.75, 3.05) is 18.8 Å². The highest BCUT2D eigenvalue weighted by atomic mass is 32.2. The molecule has 0 bridgehead atoms. The maximum atomic E-state index is 12.5. The maximum Gasteiger partial charge on any atom is 0.335 e. The zero-order valence-electron chi connectivity index (χ0n) is 13.0. The number of nitrogens with zero attached hydrogens (tertiary/aromatic N) is 1. The first-order valence-corrected chi connectivity index (χ1v) is 8.86. The smallest absolute Gasteiger partial charge is 0.335 e. The van der Waals surface area contributed by atoms with Crippen LogP contribution in [0, 0.1) is 0 Å². The molecule has 1 unspecified atom stereocenters. The molecule has 1 atom stereocenters. The predicted octanol–water partition coefficient (Wildman–Crippen LogP) is 3.06. The molecule has 0 aromatic heterocycles. The van der Waals surface area contributed by atoms with E-state index in [4.69, 9.17) is 5.11 Å². The summed E-state index contributed by atoms with van der Waals surface area (Å²) in [5.41, 5.74) is 1.01. The van der Waals surface area contributed by atoms with Crippen molar-refractivity contribution < 1.29 is 14.7 Å². The van der Waals surface area contributed by atoms with E-state index in [-0.39, 0.29) is 17.9 Å². The predicted molar refractivity (Wildman–Crippen MR) is 89.5 cm³/mol. The molecular formula is C17H23NO3S. The van der Waals surface area contributed by atoms with Crippen LogP contribution in [0.1, 0.15) is 42.1 Å². The molecule has 1 saturated heterocycles. The van der Waals surface area contributed by atoms with Gasteiger partial charge >= 0.3 is 5.97 Å².